The van der Waals surface area contributed by atoms with E-state index in [2.05, 4.69) is 10.0 Å². The van der Waals surface area contributed by atoms with Crippen LogP contribution in [0.5, 0.6) is 0 Å². The van der Waals surface area contributed by atoms with Crippen LogP contribution in [-0.4, -0.2) is 5.91 Å². The number of hydrogen-bond acceptors (Lipinski definition) is 1. The molecular weight excluding hydrogens is 118 g/mol. The van der Waals surface area contributed by atoms with E-state index in [9.17, 15) is 4.79 Å². The van der Waals surface area contributed by atoms with Gasteiger partial charge in [-0.15, -0.1) is 0 Å². The maximum Gasteiger partial charge on any atom is 0.224 e. The Bertz CT molecular complexity index is 162. The summed E-state index contributed by atoms with van der Waals surface area (Å²) in [6.45, 7) is 5.10. The number of carbonyl (C=O) groups is 1. The van der Waals surface area contributed by atoms with E-state index in [-0.39, 0.29) is 0 Å². The summed E-state index contributed by atoms with van der Waals surface area (Å²) in [6, 6.07) is 0. The van der Waals surface area contributed by atoms with E-state index in [1.807, 2.05) is 0 Å². The zero-order chi connectivity index (χ0) is 7.49. The van der Waals surface area contributed by atoms with Crippen molar-refractivity contribution in [2.75, 3.05) is 0 Å². The summed E-state index contributed by atoms with van der Waals surface area (Å²) in [4.78, 5) is 13.0. The topological polar surface area (TPSA) is 65.8 Å². The minimum atomic E-state index is -0.549. The molecule has 0 bridgehead atoms. The highest BCUT2D eigenvalue weighted by Gasteiger charge is 2.18. The number of azide groups is 1. The Hall–Kier alpha value is -1.02. The van der Waals surface area contributed by atoms with Crippen LogP contribution in [0.4, 0.5) is 0 Å². The smallest absolute Gasteiger partial charge is 0.224 e. The van der Waals surface area contributed by atoms with E-state index < -0.39 is 11.3 Å². The van der Waals surface area contributed by atoms with Crippen molar-refractivity contribution in [3.63, 3.8) is 0 Å². The van der Waals surface area contributed by atoms with Gasteiger partial charge in [0.25, 0.3) is 0 Å². The van der Waals surface area contributed by atoms with Crippen LogP contribution in [0.25, 0.3) is 10.4 Å². The van der Waals surface area contributed by atoms with Crippen LogP contribution in [-0.2, 0) is 4.79 Å². The lowest BCUT2D eigenvalue weighted by Gasteiger charge is -2.10. The Morgan fingerprint density at radius 1 is 1.56 bits per heavy atom. The first-order valence-electron chi connectivity index (χ1n) is 2.58. The van der Waals surface area contributed by atoms with Crippen LogP contribution in [0.1, 0.15) is 20.8 Å². The Labute approximate surface area is 53.5 Å². The fourth-order valence-electron chi connectivity index (χ4n) is 0.191. The Kier molecular flexibility index (Phi) is 2.22. The molecule has 0 fully saturated rings. The second-order valence-electron chi connectivity index (χ2n) is 2.74. The summed E-state index contributed by atoms with van der Waals surface area (Å²) < 4.78 is 0. The Balaban J connectivity index is 4.22. The van der Waals surface area contributed by atoms with E-state index in [0.29, 0.717) is 0 Å². The second kappa shape index (κ2) is 2.51. The average molecular weight is 127 g/mol. The summed E-state index contributed by atoms with van der Waals surface area (Å²) in [5.74, 6) is -0.426. The second-order valence-corrected chi connectivity index (χ2v) is 2.74. The van der Waals surface area contributed by atoms with E-state index in [1.165, 1.54) is 0 Å². The highest BCUT2D eigenvalue weighted by Crippen LogP contribution is 2.14. The van der Waals surface area contributed by atoms with Crippen molar-refractivity contribution < 1.29 is 4.79 Å². The van der Waals surface area contributed by atoms with E-state index >= 15 is 0 Å². The standard InChI is InChI=1S/C5H9N3O/c1-5(2,3)4(9)7-8-6/h1-3H3. The molecule has 0 rings (SSSR count). The van der Waals surface area contributed by atoms with Gasteiger partial charge in [0.05, 0.1) is 0 Å². The Morgan fingerprint density at radius 2 is 2.00 bits per heavy atom. The lowest BCUT2D eigenvalue weighted by Crippen LogP contribution is -2.16. The molecule has 0 aliphatic rings. The summed E-state index contributed by atoms with van der Waals surface area (Å²) in [5.41, 5.74) is 7.29. The third-order valence-corrected chi connectivity index (χ3v) is 0.777. The predicted molar refractivity (Wildman–Crippen MR) is 33.6 cm³/mol. The molecule has 0 aliphatic heterocycles. The molecule has 4 nitrogen and oxygen atoms in total. The summed E-state index contributed by atoms with van der Waals surface area (Å²) in [5, 5.41) is 2.94. The van der Waals surface area contributed by atoms with Gasteiger partial charge < -0.3 is 0 Å². The molecule has 0 N–H and O–H groups in total. The minimum absolute atomic E-state index is 0.426. The molecule has 0 saturated carbocycles. The summed E-state index contributed by atoms with van der Waals surface area (Å²) in [7, 11) is 0. The van der Waals surface area contributed by atoms with Gasteiger partial charge in [-0.25, -0.2) is 0 Å². The van der Waals surface area contributed by atoms with Crippen molar-refractivity contribution in [3.05, 3.63) is 10.4 Å². The number of amides is 1. The molecule has 4 heteroatoms. The van der Waals surface area contributed by atoms with Gasteiger partial charge >= 0.3 is 0 Å². The first-order valence-corrected chi connectivity index (χ1v) is 2.58. The van der Waals surface area contributed by atoms with Crippen LogP contribution < -0.4 is 0 Å². The summed E-state index contributed by atoms with van der Waals surface area (Å²) >= 11 is 0. The first-order chi connectivity index (χ1) is 3.98. The first kappa shape index (κ1) is 7.98. The maximum atomic E-state index is 10.6. The maximum absolute atomic E-state index is 10.6. The third kappa shape index (κ3) is 2.72. The van der Waals surface area contributed by atoms with Gasteiger partial charge in [0.1, 0.15) is 0 Å². The molecule has 0 aliphatic carbocycles. The lowest BCUT2D eigenvalue weighted by molar-refractivity contribution is -0.125. The van der Waals surface area contributed by atoms with Gasteiger partial charge in [-0.05, 0) is 10.6 Å². The predicted octanol–water partition coefficient (Wildman–Crippen LogP) is 1.87. The SMILES string of the molecule is CC(C)(C)C(=O)N=[N+]=[N-]. The van der Waals surface area contributed by atoms with Crippen LogP contribution in [0.15, 0.2) is 5.11 Å². The van der Waals surface area contributed by atoms with E-state index in [4.69, 9.17) is 5.53 Å². The van der Waals surface area contributed by atoms with E-state index in [1.54, 1.807) is 20.8 Å². The van der Waals surface area contributed by atoms with Crippen LogP contribution in [0.3, 0.4) is 0 Å². The molecule has 50 valence electrons. The molecule has 9 heavy (non-hydrogen) atoms. The van der Waals surface area contributed by atoms with E-state index in [0.717, 1.165) is 0 Å². The third-order valence-electron chi connectivity index (χ3n) is 0.777. The van der Waals surface area contributed by atoms with Crippen LogP contribution >= 0.6 is 0 Å². The lowest BCUT2D eigenvalue weighted by atomic mass is 9.96. The molecule has 0 aromatic rings. The van der Waals surface area contributed by atoms with Gasteiger partial charge in [0.15, 0.2) is 0 Å². The van der Waals surface area contributed by atoms with Crippen molar-refractivity contribution >= 4 is 5.91 Å². The molecule has 0 saturated heterocycles. The minimum Gasteiger partial charge on any atom is -0.292 e. The van der Waals surface area contributed by atoms with Crippen molar-refractivity contribution in [2.24, 2.45) is 10.5 Å². The monoisotopic (exact) mass is 127 g/mol. The highest BCUT2D eigenvalue weighted by molar-refractivity contribution is 5.81. The van der Waals surface area contributed by atoms with Crippen molar-refractivity contribution in [3.8, 4) is 0 Å². The molecule has 1 amide bonds. The molecular formula is C5H9N3O. The average Bonchev–Trinajstić information content (AvgIpc) is 1.64. The largest absolute Gasteiger partial charge is 0.292 e. The van der Waals surface area contributed by atoms with Crippen molar-refractivity contribution in [1.82, 2.24) is 0 Å². The van der Waals surface area contributed by atoms with Gasteiger partial charge in [-0.2, -0.15) is 0 Å². The Morgan fingerprint density at radius 3 is 2.11 bits per heavy atom. The van der Waals surface area contributed by atoms with Gasteiger partial charge in [-0.1, -0.05) is 20.8 Å². The van der Waals surface area contributed by atoms with Crippen LogP contribution in [0, 0.1) is 5.41 Å². The molecule has 0 atom stereocenters. The van der Waals surface area contributed by atoms with Crippen molar-refractivity contribution in [1.29, 1.82) is 0 Å². The number of rotatable bonds is 0. The number of nitrogens with zero attached hydrogens (tertiary/aromatic N) is 3. The fourth-order valence-corrected chi connectivity index (χ4v) is 0.191. The quantitative estimate of drug-likeness (QED) is 0.278. The number of hydrogen-bond donors (Lipinski definition) is 0. The molecule has 0 unspecified atom stereocenters. The molecule has 0 radical (unpaired) electrons. The van der Waals surface area contributed by atoms with Gasteiger partial charge in [-0.3, -0.25) is 4.79 Å². The fraction of sp³-hybridized carbons (Fsp3) is 0.800. The highest BCUT2D eigenvalue weighted by atomic mass is 16.2. The molecule has 0 heterocycles. The zero-order valence-electron chi connectivity index (χ0n) is 5.75. The van der Waals surface area contributed by atoms with Gasteiger partial charge in [0, 0.05) is 10.3 Å². The molecule has 0 aromatic carbocycles. The summed E-state index contributed by atoms with van der Waals surface area (Å²) in [6.07, 6.45) is 0. The number of carbonyl (C=O) groups excluding carboxylic acids is 1. The zero-order valence-corrected chi connectivity index (χ0v) is 5.75. The van der Waals surface area contributed by atoms with Gasteiger partial charge in [0.2, 0.25) is 5.91 Å². The normalized spacial score (nSPS) is 10.1. The van der Waals surface area contributed by atoms with Crippen molar-refractivity contribution in [2.45, 2.75) is 20.8 Å². The molecule has 0 spiro atoms. The van der Waals surface area contributed by atoms with Crippen LogP contribution in [0.2, 0.25) is 0 Å². The molecule has 0 aromatic heterocycles.